The number of halogens is 1. The van der Waals surface area contributed by atoms with E-state index in [1.54, 1.807) is 6.92 Å². The normalized spacial score (nSPS) is 10.6. The first kappa shape index (κ1) is 13.1. The van der Waals surface area contributed by atoms with Crippen molar-refractivity contribution < 1.29 is 4.39 Å². The van der Waals surface area contributed by atoms with Gasteiger partial charge in [0.25, 0.3) is 5.56 Å². The van der Waals surface area contributed by atoms with Crippen molar-refractivity contribution in [2.45, 2.75) is 20.0 Å². The first-order chi connectivity index (χ1) is 9.01. The molecule has 2 aromatic rings. The van der Waals surface area contributed by atoms with Crippen LogP contribution in [-0.4, -0.2) is 9.13 Å². The summed E-state index contributed by atoms with van der Waals surface area (Å²) in [6.07, 6.45) is 1.45. The van der Waals surface area contributed by atoms with E-state index in [0.29, 0.717) is 12.1 Å². The summed E-state index contributed by atoms with van der Waals surface area (Å²) in [6, 6.07) is 5.29. The van der Waals surface area contributed by atoms with Crippen molar-refractivity contribution in [2.24, 2.45) is 0 Å². The number of anilines is 1. The smallest absolute Gasteiger partial charge is 0.331 e. The van der Waals surface area contributed by atoms with E-state index < -0.39 is 17.1 Å². The molecule has 2 rings (SSSR count). The van der Waals surface area contributed by atoms with Crippen LogP contribution in [0.5, 0.6) is 0 Å². The van der Waals surface area contributed by atoms with Gasteiger partial charge in [-0.1, -0.05) is 0 Å². The molecule has 0 aliphatic rings. The van der Waals surface area contributed by atoms with Crippen LogP contribution in [-0.2, 0) is 13.1 Å². The van der Waals surface area contributed by atoms with Gasteiger partial charge >= 0.3 is 5.69 Å². The highest BCUT2D eigenvalue weighted by Gasteiger charge is 2.06. The maximum absolute atomic E-state index is 13.2. The van der Waals surface area contributed by atoms with Gasteiger partial charge in [-0.25, -0.2) is 9.18 Å². The van der Waals surface area contributed by atoms with Crippen LogP contribution in [0.1, 0.15) is 12.5 Å². The molecular formula is C13H14FN3O2. The van der Waals surface area contributed by atoms with E-state index >= 15 is 0 Å². The lowest BCUT2D eigenvalue weighted by molar-refractivity contribution is 0.593. The second kappa shape index (κ2) is 5.09. The Kier molecular flexibility index (Phi) is 3.50. The Morgan fingerprint density at radius 3 is 2.63 bits per heavy atom. The fourth-order valence-corrected chi connectivity index (χ4v) is 1.89. The summed E-state index contributed by atoms with van der Waals surface area (Å²) in [7, 11) is 0. The minimum Gasteiger partial charge on any atom is -0.399 e. The van der Waals surface area contributed by atoms with Crippen molar-refractivity contribution in [1.82, 2.24) is 9.13 Å². The standard InChI is InChI=1S/C13H14FN3O2/c1-2-16-4-3-12(18)17(13(16)19)8-9-5-10(14)7-11(15)6-9/h3-7H,2,8,15H2,1H3. The molecule has 1 heterocycles. The minimum absolute atomic E-state index is 0.000463. The van der Waals surface area contributed by atoms with Crippen molar-refractivity contribution in [3.05, 3.63) is 62.7 Å². The number of rotatable bonds is 3. The van der Waals surface area contributed by atoms with Crippen LogP contribution >= 0.6 is 0 Å². The van der Waals surface area contributed by atoms with Gasteiger partial charge in [-0.05, 0) is 30.7 Å². The fraction of sp³-hybridized carbons (Fsp3) is 0.231. The number of hydrogen-bond donors (Lipinski definition) is 1. The zero-order chi connectivity index (χ0) is 14.0. The molecule has 0 amide bonds. The summed E-state index contributed by atoms with van der Waals surface area (Å²) < 4.78 is 15.7. The summed E-state index contributed by atoms with van der Waals surface area (Å²) in [4.78, 5) is 23.7. The van der Waals surface area contributed by atoms with E-state index in [9.17, 15) is 14.0 Å². The topological polar surface area (TPSA) is 70.0 Å². The molecule has 0 unspecified atom stereocenters. The van der Waals surface area contributed by atoms with Gasteiger partial charge in [0, 0.05) is 24.5 Å². The Morgan fingerprint density at radius 2 is 2.00 bits per heavy atom. The highest BCUT2D eigenvalue weighted by Crippen LogP contribution is 2.10. The van der Waals surface area contributed by atoms with Crippen LogP contribution in [0.4, 0.5) is 10.1 Å². The summed E-state index contributed by atoms with van der Waals surface area (Å²) >= 11 is 0. The molecule has 0 aliphatic carbocycles. The van der Waals surface area contributed by atoms with Crippen molar-refractivity contribution in [3.63, 3.8) is 0 Å². The zero-order valence-corrected chi connectivity index (χ0v) is 10.5. The van der Waals surface area contributed by atoms with Crippen LogP contribution in [0, 0.1) is 5.82 Å². The molecule has 0 saturated carbocycles. The van der Waals surface area contributed by atoms with Crippen molar-refractivity contribution in [1.29, 1.82) is 0 Å². The Hall–Kier alpha value is -2.37. The minimum atomic E-state index is -0.491. The third-order valence-electron chi connectivity index (χ3n) is 2.80. The summed E-state index contributed by atoms with van der Waals surface area (Å²) in [5.74, 6) is -0.491. The van der Waals surface area contributed by atoms with Crippen molar-refractivity contribution in [2.75, 3.05) is 5.73 Å². The molecule has 0 fully saturated rings. The lowest BCUT2D eigenvalue weighted by Crippen LogP contribution is -2.39. The van der Waals surface area contributed by atoms with Gasteiger partial charge in [-0.15, -0.1) is 0 Å². The van der Waals surface area contributed by atoms with E-state index in [2.05, 4.69) is 0 Å². The zero-order valence-electron chi connectivity index (χ0n) is 10.5. The molecule has 2 N–H and O–H groups in total. The molecule has 0 radical (unpaired) electrons. The lowest BCUT2D eigenvalue weighted by Gasteiger charge is -2.08. The third kappa shape index (κ3) is 2.73. The number of aromatic nitrogens is 2. The molecule has 1 aromatic heterocycles. The van der Waals surface area contributed by atoms with E-state index in [0.717, 1.165) is 4.57 Å². The second-order valence-corrected chi connectivity index (χ2v) is 4.20. The van der Waals surface area contributed by atoms with E-state index in [1.807, 2.05) is 0 Å². The lowest BCUT2D eigenvalue weighted by atomic mass is 10.2. The molecular weight excluding hydrogens is 249 g/mol. The van der Waals surface area contributed by atoms with Crippen LogP contribution < -0.4 is 17.0 Å². The van der Waals surface area contributed by atoms with Gasteiger partial charge < -0.3 is 10.3 Å². The van der Waals surface area contributed by atoms with Gasteiger partial charge in [-0.3, -0.25) is 9.36 Å². The van der Waals surface area contributed by atoms with Crippen LogP contribution in [0.2, 0.25) is 0 Å². The molecule has 1 aromatic carbocycles. The predicted octanol–water partition coefficient (Wildman–Crippen LogP) is 0.800. The molecule has 6 heteroatoms. The van der Waals surface area contributed by atoms with E-state index in [1.165, 1.54) is 35.0 Å². The monoisotopic (exact) mass is 263 g/mol. The maximum Gasteiger partial charge on any atom is 0.331 e. The number of aryl methyl sites for hydroxylation is 1. The Bertz CT molecular complexity index is 698. The first-order valence-corrected chi connectivity index (χ1v) is 5.86. The highest BCUT2D eigenvalue weighted by atomic mass is 19.1. The average molecular weight is 263 g/mol. The van der Waals surface area contributed by atoms with Gasteiger partial charge in [0.1, 0.15) is 5.82 Å². The quantitative estimate of drug-likeness (QED) is 0.833. The maximum atomic E-state index is 13.2. The second-order valence-electron chi connectivity index (χ2n) is 4.20. The molecule has 0 spiro atoms. The van der Waals surface area contributed by atoms with Crippen LogP contribution in [0.15, 0.2) is 40.1 Å². The number of hydrogen-bond acceptors (Lipinski definition) is 3. The van der Waals surface area contributed by atoms with Crippen LogP contribution in [0.25, 0.3) is 0 Å². The van der Waals surface area contributed by atoms with Gasteiger partial charge in [0.2, 0.25) is 0 Å². The number of nitrogens with zero attached hydrogens (tertiary/aromatic N) is 2. The summed E-state index contributed by atoms with van der Waals surface area (Å²) in [5, 5.41) is 0. The molecule has 0 atom stereocenters. The number of nitrogens with two attached hydrogens (primary N) is 1. The van der Waals surface area contributed by atoms with Crippen molar-refractivity contribution in [3.8, 4) is 0 Å². The molecule has 19 heavy (non-hydrogen) atoms. The molecule has 0 aliphatic heterocycles. The Labute approximate surface area is 108 Å². The Morgan fingerprint density at radius 1 is 1.26 bits per heavy atom. The predicted molar refractivity (Wildman–Crippen MR) is 70.6 cm³/mol. The van der Waals surface area contributed by atoms with E-state index in [-0.39, 0.29) is 12.2 Å². The summed E-state index contributed by atoms with van der Waals surface area (Å²) in [5.41, 5.74) is 5.43. The molecule has 5 nitrogen and oxygen atoms in total. The van der Waals surface area contributed by atoms with Gasteiger partial charge in [0.15, 0.2) is 0 Å². The van der Waals surface area contributed by atoms with Crippen molar-refractivity contribution >= 4 is 5.69 Å². The highest BCUT2D eigenvalue weighted by molar-refractivity contribution is 5.41. The Balaban J connectivity index is 2.49. The average Bonchev–Trinajstić information content (AvgIpc) is 2.33. The fourth-order valence-electron chi connectivity index (χ4n) is 1.89. The third-order valence-corrected chi connectivity index (χ3v) is 2.80. The summed E-state index contributed by atoms with van der Waals surface area (Å²) in [6.45, 7) is 2.27. The molecule has 0 bridgehead atoms. The van der Waals surface area contributed by atoms with E-state index in [4.69, 9.17) is 5.73 Å². The SMILES string of the molecule is CCn1ccc(=O)n(Cc2cc(N)cc(F)c2)c1=O. The largest absolute Gasteiger partial charge is 0.399 e. The molecule has 100 valence electrons. The van der Waals surface area contributed by atoms with Crippen LogP contribution in [0.3, 0.4) is 0 Å². The van der Waals surface area contributed by atoms with Gasteiger partial charge in [0.05, 0.1) is 6.54 Å². The molecule has 0 saturated heterocycles. The first-order valence-electron chi connectivity index (χ1n) is 5.86. The number of nitrogen functional groups attached to an aromatic ring is 1. The number of benzene rings is 1. The van der Waals surface area contributed by atoms with Gasteiger partial charge in [-0.2, -0.15) is 0 Å².